The lowest BCUT2D eigenvalue weighted by atomic mass is 9.74. The molecule has 0 spiro atoms. The van der Waals surface area contributed by atoms with Crippen molar-refractivity contribution < 1.29 is 18.1 Å². The van der Waals surface area contributed by atoms with Crippen molar-refractivity contribution in [3.05, 3.63) is 107 Å². The average Bonchev–Trinajstić information content (AvgIpc) is 3.01. The largest absolute Gasteiger partial charge is 0.474 e. The molecule has 0 fully saturated rings. The summed E-state index contributed by atoms with van der Waals surface area (Å²) in [5.41, 5.74) is 6.82. The maximum absolute atomic E-state index is 13.6. The molecule has 230 valence electrons. The second-order valence-corrected chi connectivity index (χ2v) is 14.2. The van der Waals surface area contributed by atoms with Gasteiger partial charge in [0.15, 0.2) is 0 Å². The van der Waals surface area contributed by atoms with Crippen molar-refractivity contribution >= 4 is 7.82 Å². The van der Waals surface area contributed by atoms with Crippen LogP contribution >= 0.6 is 7.82 Å². The number of hydrogen-bond donors (Lipinski definition) is 0. The van der Waals surface area contributed by atoms with Crippen molar-refractivity contribution in [3.63, 3.8) is 0 Å². The average molecular weight is 593 g/mol. The van der Waals surface area contributed by atoms with Crippen molar-refractivity contribution in [3.8, 4) is 0 Å². The van der Waals surface area contributed by atoms with Crippen LogP contribution in [0.4, 0.5) is 0 Å². The quantitative estimate of drug-likeness (QED) is 0.103. The minimum absolute atomic E-state index is 0.0784. The zero-order valence-corrected chi connectivity index (χ0v) is 27.8. The molecule has 0 N–H and O–H groups in total. The first-order valence-corrected chi connectivity index (χ1v) is 17.3. The summed E-state index contributed by atoms with van der Waals surface area (Å²) in [4.78, 5) is 0. The number of rotatable bonds is 19. The van der Waals surface area contributed by atoms with E-state index in [0.29, 0.717) is 19.8 Å². The molecule has 0 aliphatic carbocycles. The zero-order chi connectivity index (χ0) is 30.5. The summed E-state index contributed by atoms with van der Waals surface area (Å²) in [6, 6.07) is 27.5. The molecule has 42 heavy (non-hydrogen) atoms. The molecule has 0 aliphatic rings. The van der Waals surface area contributed by atoms with E-state index in [1.807, 2.05) is 36.4 Å². The molecule has 0 heterocycles. The van der Waals surface area contributed by atoms with Crippen LogP contribution in [0.15, 0.2) is 78.9 Å². The predicted molar refractivity (Wildman–Crippen MR) is 176 cm³/mol. The SMILES string of the molecule is CCC(C)(C)c1ccc(CCCOP(=O)(OCCCc2ccccc2)OCCCc2ccccc2)c(C(C)(C)CC)c1. The van der Waals surface area contributed by atoms with Crippen LogP contribution in [0.2, 0.25) is 0 Å². The fraction of sp³-hybridized carbons (Fsp3) is 0.514. The molecule has 0 saturated heterocycles. The van der Waals surface area contributed by atoms with Gasteiger partial charge in [-0.3, -0.25) is 13.6 Å². The summed E-state index contributed by atoms with van der Waals surface area (Å²) in [5.74, 6) is 0. The smallest absolute Gasteiger partial charge is 0.287 e. The number of benzene rings is 3. The van der Waals surface area contributed by atoms with Crippen LogP contribution in [-0.4, -0.2) is 19.8 Å². The molecular weight excluding hydrogens is 539 g/mol. The van der Waals surface area contributed by atoms with Gasteiger partial charge in [0.2, 0.25) is 0 Å². The van der Waals surface area contributed by atoms with Gasteiger partial charge in [-0.05, 0) is 90.0 Å². The van der Waals surface area contributed by atoms with Gasteiger partial charge in [0.05, 0.1) is 19.8 Å². The first kappa shape index (κ1) is 34.3. The molecule has 0 bridgehead atoms. The molecule has 3 aromatic carbocycles. The van der Waals surface area contributed by atoms with E-state index in [1.54, 1.807) is 0 Å². The van der Waals surface area contributed by atoms with Gasteiger partial charge < -0.3 is 0 Å². The first-order valence-electron chi connectivity index (χ1n) is 15.8. The lowest BCUT2D eigenvalue weighted by Gasteiger charge is -2.31. The molecule has 0 saturated carbocycles. The van der Waals surface area contributed by atoms with Gasteiger partial charge in [0.1, 0.15) is 0 Å². The molecule has 3 rings (SSSR count). The van der Waals surface area contributed by atoms with Gasteiger partial charge in [0.25, 0.3) is 0 Å². The molecular formula is C37H53O4P. The van der Waals surface area contributed by atoms with Crippen LogP contribution in [0.1, 0.15) is 101 Å². The number of aryl methyl sites for hydroxylation is 3. The van der Waals surface area contributed by atoms with Crippen LogP contribution in [-0.2, 0) is 48.2 Å². The van der Waals surface area contributed by atoms with Crippen molar-refractivity contribution in [1.29, 1.82) is 0 Å². The Balaban J connectivity index is 1.60. The predicted octanol–water partition coefficient (Wildman–Crippen LogP) is 10.4. The summed E-state index contributed by atoms with van der Waals surface area (Å²) in [6.07, 6.45) is 6.97. The van der Waals surface area contributed by atoms with Crippen molar-refractivity contribution in [2.24, 2.45) is 0 Å². The normalized spacial score (nSPS) is 12.5. The summed E-state index contributed by atoms with van der Waals surface area (Å²) >= 11 is 0. The molecule has 4 nitrogen and oxygen atoms in total. The van der Waals surface area contributed by atoms with Crippen molar-refractivity contribution in [2.45, 2.75) is 104 Å². The molecule has 0 aromatic heterocycles. The summed E-state index contributed by atoms with van der Waals surface area (Å²) in [7, 11) is -3.67. The Morgan fingerprint density at radius 2 is 1.05 bits per heavy atom. The fourth-order valence-corrected chi connectivity index (χ4v) is 6.27. The van der Waals surface area contributed by atoms with Crippen LogP contribution in [0.25, 0.3) is 0 Å². The number of phosphoric acid groups is 1. The molecule has 0 radical (unpaired) electrons. The lowest BCUT2D eigenvalue weighted by Crippen LogP contribution is -2.22. The lowest BCUT2D eigenvalue weighted by molar-refractivity contribution is 0.110. The van der Waals surface area contributed by atoms with Crippen LogP contribution in [0, 0.1) is 0 Å². The van der Waals surface area contributed by atoms with Crippen LogP contribution in [0.5, 0.6) is 0 Å². The third-order valence-electron chi connectivity index (χ3n) is 8.63. The van der Waals surface area contributed by atoms with E-state index in [9.17, 15) is 4.57 Å². The molecule has 0 atom stereocenters. The number of phosphoric ester groups is 1. The summed E-state index contributed by atoms with van der Waals surface area (Å²) in [6.45, 7) is 14.8. The van der Waals surface area contributed by atoms with E-state index in [2.05, 4.69) is 84.0 Å². The van der Waals surface area contributed by atoms with Crippen LogP contribution in [0.3, 0.4) is 0 Å². The van der Waals surface area contributed by atoms with Crippen LogP contribution < -0.4 is 0 Å². The molecule has 0 unspecified atom stereocenters. The Morgan fingerprint density at radius 1 is 0.595 bits per heavy atom. The van der Waals surface area contributed by atoms with E-state index in [4.69, 9.17) is 13.6 Å². The second kappa shape index (κ2) is 16.6. The molecule has 3 aromatic rings. The minimum atomic E-state index is -3.67. The Hall–Kier alpha value is -2.23. The van der Waals surface area contributed by atoms with E-state index >= 15 is 0 Å². The maximum Gasteiger partial charge on any atom is 0.474 e. The van der Waals surface area contributed by atoms with Gasteiger partial charge in [-0.1, -0.05) is 120 Å². The van der Waals surface area contributed by atoms with Gasteiger partial charge >= 0.3 is 7.82 Å². The van der Waals surface area contributed by atoms with E-state index in [0.717, 1.165) is 51.4 Å². The first-order chi connectivity index (χ1) is 20.1. The highest BCUT2D eigenvalue weighted by Gasteiger charge is 2.28. The second-order valence-electron chi connectivity index (χ2n) is 12.6. The molecule has 0 aliphatic heterocycles. The maximum atomic E-state index is 13.6. The van der Waals surface area contributed by atoms with E-state index in [1.165, 1.54) is 27.8 Å². The third-order valence-corrected chi connectivity index (χ3v) is 10.1. The highest BCUT2D eigenvalue weighted by molar-refractivity contribution is 7.48. The van der Waals surface area contributed by atoms with Crippen molar-refractivity contribution in [1.82, 2.24) is 0 Å². The third kappa shape index (κ3) is 10.8. The van der Waals surface area contributed by atoms with E-state index in [-0.39, 0.29) is 10.8 Å². The number of hydrogen-bond acceptors (Lipinski definition) is 4. The highest BCUT2D eigenvalue weighted by Crippen LogP contribution is 2.50. The Morgan fingerprint density at radius 3 is 1.50 bits per heavy atom. The van der Waals surface area contributed by atoms with Gasteiger partial charge in [-0.2, -0.15) is 0 Å². The van der Waals surface area contributed by atoms with Gasteiger partial charge in [0, 0.05) is 0 Å². The molecule has 0 amide bonds. The summed E-state index contributed by atoms with van der Waals surface area (Å²) < 4.78 is 31.2. The zero-order valence-electron chi connectivity index (χ0n) is 26.9. The summed E-state index contributed by atoms with van der Waals surface area (Å²) in [5, 5.41) is 0. The Bertz CT molecular complexity index is 1190. The molecule has 5 heteroatoms. The highest BCUT2D eigenvalue weighted by atomic mass is 31.2. The Kier molecular flexibility index (Phi) is 13.5. The van der Waals surface area contributed by atoms with E-state index < -0.39 is 7.82 Å². The monoisotopic (exact) mass is 592 g/mol. The minimum Gasteiger partial charge on any atom is -0.287 e. The van der Waals surface area contributed by atoms with Gasteiger partial charge in [-0.15, -0.1) is 0 Å². The fourth-order valence-electron chi connectivity index (χ4n) is 4.99. The van der Waals surface area contributed by atoms with Crippen molar-refractivity contribution in [2.75, 3.05) is 19.8 Å². The van der Waals surface area contributed by atoms with Gasteiger partial charge in [-0.25, -0.2) is 4.57 Å². The standard InChI is InChI=1S/C37H53O4P/c1-7-36(3,4)34-26-25-33(35(30-34)37(5,6)8-2)24-17-29-41-42(38,39-27-15-22-31-18-11-9-12-19-31)40-28-16-23-32-20-13-10-14-21-32/h9-14,18-21,25-26,30H,7-8,15-17,22-24,27-29H2,1-6H3. The topological polar surface area (TPSA) is 44.8 Å². The Labute approximate surface area is 255 Å².